The van der Waals surface area contributed by atoms with Crippen LogP contribution in [0.15, 0.2) is 28.3 Å². The number of hydrogen-bond donors (Lipinski definition) is 2. The van der Waals surface area contributed by atoms with Gasteiger partial charge in [0.2, 0.25) is 11.8 Å². The van der Waals surface area contributed by atoms with Crippen molar-refractivity contribution in [3.05, 3.63) is 29.0 Å². The van der Waals surface area contributed by atoms with Crippen LogP contribution in [0.3, 0.4) is 0 Å². The van der Waals surface area contributed by atoms with E-state index in [-0.39, 0.29) is 23.5 Å². The maximum absolute atomic E-state index is 12.3. The van der Waals surface area contributed by atoms with Crippen molar-refractivity contribution in [1.82, 2.24) is 24.7 Å². The molecule has 0 saturated carbocycles. The van der Waals surface area contributed by atoms with Crippen molar-refractivity contribution in [2.45, 2.75) is 37.2 Å². The summed E-state index contributed by atoms with van der Waals surface area (Å²) in [5, 5.41) is 18.6. The van der Waals surface area contributed by atoms with E-state index in [2.05, 4.69) is 30.8 Å². The highest BCUT2D eigenvalue weighted by Gasteiger charge is 2.21. The fourth-order valence-corrected chi connectivity index (χ4v) is 4.16. The van der Waals surface area contributed by atoms with Crippen molar-refractivity contribution in [3.8, 4) is 0 Å². The molecule has 1 unspecified atom stereocenters. The number of nitrogens with one attached hydrogen (secondary N) is 2. The summed E-state index contributed by atoms with van der Waals surface area (Å²) >= 11 is 4.00. The van der Waals surface area contributed by atoms with Crippen molar-refractivity contribution in [1.29, 1.82) is 0 Å². The van der Waals surface area contributed by atoms with Gasteiger partial charge in [-0.25, -0.2) is 9.97 Å². The SMILES string of the molecule is CCn1c(CC(=O)Nc2nccs2)nnc1SC(C)C(=O)Nc1nccs1. The Kier molecular flexibility index (Phi) is 6.53. The minimum Gasteiger partial charge on any atom is -0.306 e. The lowest BCUT2D eigenvalue weighted by Crippen LogP contribution is -2.23. The highest BCUT2D eigenvalue weighted by Crippen LogP contribution is 2.24. The van der Waals surface area contributed by atoms with Crippen LogP contribution in [0.1, 0.15) is 19.7 Å². The Morgan fingerprint density at radius 3 is 2.41 bits per heavy atom. The van der Waals surface area contributed by atoms with Gasteiger partial charge in [-0.05, 0) is 13.8 Å². The summed E-state index contributed by atoms with van der Waals surface area (Å²) in [5.41, 5.74) is 0. The zero-order valence-corrected chi connectivity index (χ0v) is 17.0. The standard InChI is InChI=1S/C15H17N7O2S3/c1-3-22-10(8-11(23)18-13-16-4-6-25-13)20-21-15(22)27-9(2)12(24)19-14-17-5-7-26-14/h4-7,9H,3,8H2,1-2H3,(H,16,18,23)(H,17,19,24). The number of aromatic nitrogens is 5. The fourth-order valence-electron chi connectivity index (χ4n) is 2.15. The third kappa shape index (κ3) is 5.11. The van der Waals surface area contributed by atoms with E-state index in [1.165, 1.54) is 34.4 Å². The molecule has 2 N–H and O–H groups in total. The van der Waals surface area contributed by atoms with Crippen LogP contribution in [-0.2, 0) is 22.6 Å². The van der Waals surface area contributed by atoms with Gasteiger partial charge in [0.25, 0.3) is 0 Å². The van der Waals surface area contributed by atoms with E-state index < -0.39 is 0 Å². The van der Waals surface area contributed by atoms with Gasteiger partial charge in [-0.3, -0.25) is 9.59 Å². The molecule has 9 nitrogen and oxygen atoms in total. The maximum atomic E-state index is 12.3. The van der Waals surface area contributed by atoms with Gasteiger partial charge in [0.15, 0.2) is 15.4 Å². The summed E-state index contributed by atoms with van der Waals surface area (Å²) in [4.78, 5) is 32.5. The van der Waals surface area contributed by atoms with Crippen molar-refractivity contribution in [3.63, 3.8) is 0 Å². The molecule has 3 heterocycles. The zero-order chi connectivity index (χ0) is 19.2. The van der Waals surface area contributed by atoms with Gasteiger partial charge in [0.05, 0.1) is 11.7 Å². The first kappa shape index (κ1) is 19.5. The van der Waals surface area contributed by atoms with Crippen LogP contribution < -0.4 is 10.6 Å². The van der Waals surface area contributed by atoms with Gasteiger partial charge in [-0.15, -0.1) is 32.9 Å². The van der Waals surface area contributed by atoms with Crippen LogP contribution in [0.4, 0.5) is 10.3 Å². The summed E-state index contributed by atoms with van der Waals surface area (Å²) in [7, 11) is 0. The molecule has 0 aromatic carbocycles. The average molecular weight is 424 g/mol. The van der Waals surface area contributed by atoms with E-state index in [9.17, 15) is 9.59 Å². The molecule has 0 radical (unpaired) electrons. The quantitative estimate of drug-likeness (QED) is 0.535. The van der Waals surface area contributed by atoms with Crippen molar-refractivity contribution >= 4 is 56.5 Å². The molecular weight excluding hydrogens is 406 g/mol. The van der Waals surface area contributed by atoms with Crippen molar-refractivity contribution < 1.29 is 9.59 Å². The molecule has 0 aliphatic rings. The maximum Gasteiger partial charge on any atom is 0.239 e. The van der Waals surface area contributed by atoms with E-state index in [1.54, 1.807) is 30.1 Å². The Bertz CT molecular complexity index is 893. The summed E-state index contributed by atoms with van der Waals surface area (Å²) in [6.07, 6.45) is 3.34. The van der Waals surface area contributed by atoms with Crippen molar-refractivity contribution in [2.24, 2.45) is 0 Å². The predicted molar refractivity (Wildman–Crippen MR) is 106 cm³/mol. The first-order chi connectivity index (χ1) is 13.1. The Hall–Kier alpha value is -2.31. The Labute approximate surface area is 167 Å². The van der Waals surface area contributed by atoms with E-state index in [1.807, 2.05) is 11.5 Å². The number of thioether (sulfide) groups is 1. The molecule has 142 valence electrons. The Balaban J connectivity index is 1.62. The number of nitrogens with zero attached hydrogens (tertiary/aromatic N) is 5. The minimum absolute atomic E-state index is 0.0840. The van der Waals surface area contributed by atoms with Crippen LogP contribution >= 0.6 is 34.4 Å². The third-order valence-corrected chi connectivity index (χ3v) is 5.88. The van der Waals surface area contributed by atoms with Gasteiger partial charge >= 0.3 is 0 Å². The lowest BCUT2D eigenvalue weighted by atomic mass is 10.4. The first-order valence-electron chi connectivity index (χ1n) is 8.05. The highest BCUT2D eigenvalue weighted by atomic mass is 32.2. The van der Waals surface area contributed by atoms with Crippen LogP contribution in [0, 0.1) is 0 Å². The molecule has 0 bridgehead atoms. The summed E-state index contributed by atoms with van der Waals surface area (Å²) in [5.74, 6) is 0.170. The van der Waals surface area contributed by atoms with E-state index in [4.69, 9.17) is 0 Å². The zero-order valence-electron chi connectivity index (χ0n) is 14.6. The molecular formula is C15H17N7O2S3. The topological polar surface area (TPSA) is 115 Å². The summed E-state index contributed by atoms with van der Waals surface area (Å²) < 4.78 is 1.83. The average Bonchev–Trinajstić information content (AvgIpc) is 3.38. The second kappa shape index (κ2) is 9.06. The molecule has 0 fully saturated rings. The summed E-state index contributed by atoms with van der Waals surface area (Å²) in [6, 6.07) is 0. The lowest BCUT2D eigenvalue weighted by molar-refractivity contribution is -0.116. The normalized spacial score (nSPS) is 11.9. The molecule has 3 aromatic heterocycles. The van der Waals surface area contributed by atoms with Gasteiger partial charge in [0.1, 0.15) is 5.82 Å². The van der Waals surface area contributed by atoms with E-state index >= 15 is 0 Å². The number of amides is 2. The molecule has 0 saturated heterocycles. The second-order valence-electron chi connectivity index (χ2n) is 5.29. The smallest absolute Gasteiger partial charge is 0.239 e. The van der Waals surface area contributed by atoms with Gasteiger partial charge in [-0.2, -0.15) is 0 Å². The van der Waals surface area contributed by atoms with E-state index in [0.717, 1.165) is 0 Å². The molecule has 3 rings (SSSR count). The number of hydrogen-bond acceptors (Lipinski definition) is 9. The summed E-state index contributed by atoms with van der Waals surface area (Å²) in [6.45, 7) is 4.32. The molecule has 27 heavy (non-hydrogen) atoms. The predicted octanol–water partition coefficient (Wildman–Crippen LogP) is 2.51. The second-order valence-corrected chi connectivity index (χ2v) is 8.39. The van der Waals surface area contributed by atoms with Gasteiger partial charge in [-0.1, -0.05) is 11.8 Å². The molecule has 0 aliphatic heterocycles. The molecule has 1 atom stereocenters. The number of carbonyl (C=O) groups excluding carboxylic acids is 2. The van der Waals surface area contributed by atoms with Gasteiger partial charge < -0.3 is 15.2 Å². The van der Waals surface area contributed by atoms with Crippen LogP contribution in [0.2, 0.25) is 0 Å². The molecule has 0 aliphatic carbocycles. The van der Waals surface area contributed by atoms with E-state index in [0.29, 0.717) is 27.8 Å². The van der Waals surface area contributed by atoms with Crippen molar-refractivity contribution in [2.75, 3.05) is 10.6 Å². The number of rotatable bonds is 8. The van der Waals surface area contributed by atoms with Crippen LogP contribution in [-0.4, -0.2) is 41.8 Å². The lowest BCUT2D eigenvalue weighted by Gasteiger charge is -2.11. The molecule has 3 aromatic rings. The molecule has 12 heteroatoms. The molecule has 2 amide bonds. The minimum atomic E-state index is -0.389. The Morgan fingerprint density at radius 1 is 1.15 bits per heavy atom. The third-order valence-electron chi connectivity index (χ3n) is 3.42. The first-order valence-corrected chi connectivity index (χ1v) is 10.7. The largest absolute Gasteiger partial charge is 0.306 e. The molecule has 0 spiro atoms. The number of anilines is 2. The van der Waals surface area contributed by atoms with Crippen LogP contribution in [0.25, 0.3) is 0 Å². The number of carbonyl (C=O) groups is 2. The highest BCUT2D eigenvalue weighted by molar-refractivity contribution is 8.00. The monoisotopic (exact) mass is 423 g/mol. The van der Waals surface area contributed by atoms with Crippen LogP contribution in [0.5, 0.6) is 0 Å². The Morgan fingerprint density at radius 2 is 1.81 bits per heavy atom. The van der Waals surface area contributed by atoms with Gasteiger partial charge in [0, 0.05) is 29.7 Å². The fraction of sp³-hybridized carbons (Fsp3) is 0.333. The number of thiazole rings is 2.